The standard InChI is InChI=1S/C14H10BrN3O4S/c15-8-3-1-7(2-4-8)9-5-10(13(20)21)18(17-9)6-11-12(19)16-14(22)23-11/h1-4,6,10H,5H2,(H,20,21)(H,16,19,22)/b11-6-/t10-/m0/s1. The molecular formula is C14H10BrN3O4S. The molecule has 3 rings (SSSR count). The minimum absolute atomic E-state index is 0.127. The molecule has 23 heavy (non-hydrogen) atoms. The Balaban J connectivity index is 1.91. The van der Waals surface area contributed by atoms with E-state index in [1.165, 1.54) is 11.2 Å². The first-order valence-corrected chi connectivity index (χ1v) is 8.14. The Morgan fingerprint density at radius 3 is 2.65 bits per heavy atom. The highest BCUT2D eigenvalue weighted by Gasteiger charge is 2.34. The second-order valence-corrected chi connectivity index (χ2v) is 6.76. The summed E-state index contributed by atoms with van der Waals surface area (Å²) in [4.78, 5) is 34.3. The Kier molecular flexibility index (Phi) is 4.22. The Morgan fingerprint density at radius 2 is 2.09 bits per heavy atom. The molecular weight excluding hydrogens is 386 g/mol. The van der Waals surface area contributed by atoms with Gasteiger partial charge in [-0.15, -0.1) is 0 Å². The summed E-state index contributed by atoms with van der Waals surface area (Å²) in [7, 11) is 0. The van der Waals surface area contributed by atoms with Gasteiger partial charge in [-0.25, -0.2) is 4.79 Å². The zero-order valence-electron chi connectivity index (χ0n) is 11.5. The van der Waals surface area contributed by atoms with Crippen molar-refractivity contribution in [3.8, 4) is 0 Å². The van der Waals surface area contributed by atoms with E-state index in [9.17, 15) is 19.5 Å². The maximum atomic E-state index is 11.6. The van der Waals surface area contributed by atoms with Gasteiger partial charge in [0.15, 0.2) is 6.04 Å². The predicted molar refractivity (Wildman–Crippen MR) is 87.8 cm³/mol. The summed E-state index contributed by atoms with van der Waals surface area (Å²) in [5.41, 5.74) is 1.41. The number of thioether (sulfide) groups is 1. The van der Waals surface area contributed by atoms with Crippen LogP contribution in [0.2, 0.25) is 0 Å². The van der Waals surface area contributed by atoms with Crippen molar-refractivity contribution in [2.45, 2.75) is 12.5 Å². The molecule has 7 nitrogen and oxygen atoms in total. The third-order valence-corrected chi connectivity index (χ3v) is 4.62. The smallest absolute Gasteiger partial charge is 0.328 e. The summed E-state index contributed by atoms with van der Waals surface area (Å²) in [6.45, 7) is 0. The first-order chi connectivity index (χ1) is 10.9. The lowest BCUT2D eigenvalue weighted by Gasteiger charge is -2.15. The summed E-state index contributed by atoms with van der Waals surface area (Å²) in [6.07, 6.45) is 1.51. The van der Waals surface area contributed by atoms with Crippen LogP contribution in [0.4, 0.5) is 4.79 Å². The molecule has 2 amide bonds. The number of nitrogens with zero attached hydrogens (tertiary/aromatic N) is 2. The normalized spacial score (nSPS) is 22.5. The highest BCUT2D eigenvalue weighted by molar-refractivity contribution is 9.10. The fourth-order valence-electron chi connectivity index (χ4n) is 2.19. The highest BCUT2D eigenvalue weighted by Crippen LogP contribution is 2.28. The molecule has 1 saturated heterocycles. The maximum Gasteiger partial charge on any atom is 0.328 e. The molecule has 2 aliphatic rings. The fourth-order valence-corrected chi connectivity index (χ4v) is 3.11. The first kappa shape index (κ1) is 15.8. The van der Waals surface area contributed by atoms with Gasteiger partial charge in [0.2, 0.25) is 0 Å². The molecule has 0 aliphatic carbocycles. The number of carboxylic acid groups (broad SMARTS) is 1. The van der Waals surface area contributed by atoms with Crippen molar-refractivity contribution in [1.82, 2.24) is 10.3 Å². The Morgan fingerprint density at radius 1 is 1.39 bits per heavy atom. The van der Waals surface area contributed by atoms with E-state index in [-0.39, 0.29) is 11.3 Å². The molecule has 0 unspecified atom stereocenters. The van der Waals surface area contributed by atoms with Gasteiger partial charge in [-0.2, -0.15) is 5.10 Å². The molecule has 0 radical (unpaired) electrons. The number of nitrogens with one attached hydrogen (secondary N) is 1. The van der Waals surface area contributed by atoms with Crippen LogP contribution in [0.1, 0.15) is 12.0 Å². The number of rotatable bonds is 3. The fraction of sp³-hybridized carbons (Fsp3) is 0.143. The minimum Gasteiger partial charge on any atom is -0.480 e. The zero-order chi connectivity index (χ0) is 16.6. The first-order valence-electron chi connectivity index (χ1n) is 6.53. The topological polar surface area (TPSA) is 99.1 Å². The number of hydrazone groups is 1. The molecule has 2 aliphatic heterocycles. The Bertz CT molecular complexity index is 760. The van der Waals surface area contributed by atoms with Crippen molar-refractivity contribution in [3.63, 3.8) is 0 Å². The van der Waals surface area contributed by atoms with E-state index in [1.54, 1.807) is 0 Å². The molecule has 0 aromatic heterocycles. The second-order valence-electron chi connectivity index (χ2n) is 4.83. The van der Waals surface area contributed by atoms with Crippen LogP contribution in [-0.4, -0.2) is 39.0 Å². The van der Waals surface area contributed by atoms with Crippen molar-refractivity contribution in [2.75, 3.05) is 0 Å². The van der Waals surface area contributed by atoms with Gasteiger partial charge >= 0.3 is 5.97 Å². The number of hydrogen-bond donors (Lipinski definition) is 2. The van der Waals surface area contributed by atoms with Gasteiger partial charge in [0.1, 0.15) is 4.91 Å². The molecule has 0 saturated carbocycles. The van der Waals surface area contributed by atoms with Crippen molar-refractivity contribution in [1.29, 1.82) is 0 Å². The Labute approximate surface area is 143 Å². The van der Waals surface area contributed by atoms with E-state index in [1.807, 2.05) is 24.3 Å². The number of benzene rings is 1. The molecule has 1 atom stereocenters. The monoisotopic (exact) mass is 395 g/mol. The lowest BCUT2D eigenvalue weighted by Crippen LogP contribution is -2.31. The van der Waals surface area contributed by atoms with Crippen LogP contribution in [0.25, 0.3) is 0 Å². The van der Waals surface area contributed by atoms with E-state index in [2.05, 4.69) is 26.3 Å². The number of imide groups is 1. The van der Waals surface area contributed by atoms with E-state index in [4.69, 9.17) is 0 Å². The molecule has 2 heterocycles. The molecule has 9 heteroatoms. The molecule has 0 spiro atoms. The maximum absolute atomic E-state index is 11.6. The summed E-state index contributed by atoms with van der Waals surface area (Å²) in [6, 6.07) is 6.43. The van der Waals surface area contributed by atoms with Crippen LogP contribution >= 0.6 is 27.7 Å². The molecule has 1 aromatic carbocycles. The SMILES string of the molecule is O=C1NC(=O)/C(=C/N2N=C(c3ccc(Br)cc3)C[C@H]2C(=O)O)S1. The van der Waals surface area contributed by atoms with Gasteiger partial charge in [-0.1, -0.05) is 28.1 Å². The van der Waals surface area contributed by atoms with Crippen molar-refractivity contribution >= 4 is 50.5 Å². The van der Waals surface area contributed by atoms with Crippen LogP contribution in [-0.2, 0) is 9.59 Å². The van der Waals surface area contributed by atoms with Crippen molar-refractivity contribution in [2.24, 2.45) is 5.10 Å². The largest absolute Gasteiger partial charge is 0.480 e. The number of halogens is 1. The number of carbonyl (C=O) groups excluding carboxylic acids is 2. The van der Waals surface area contributed by atoms with Crippen LogP contribution in [0.15, 0.2) is 44.9 Å². The van der Waals surface area contributed by atoms with Crippen molar-refractivity contribution in [3.05, 3.63) is 45.4 Å². The second kappa shape index (κ2) is 6.17. The average molecular weight is 396 g/mol. The van der Waals surface area contributed by atoms with E-state index in [0.29, 0.717) is 5.71 Å². The van der Waals surface area contributed by atoms with E-state index >= 15 is 0 Å². The van der Waals surface area contributed by atoms with Gasteiger partial charge in [0.05, 0.1) is 5.71 Å². The molecule has 2 N–H and O–H groups in total. The van der Waals surface area contributed by atoms with Crippen LogP contribution in [0.3, 0.4) is 0 Å². The molecule has 118 valence electrons. The number of amides is 2. The molecule has 1 aromatic rings. The number of aliphatic carboxylic acids is 1. The van der Waals surface area contributed by atoms with Crippen LogP contribution < -0.4 is 5.32 Å². The molecule has 0 bridgehead atoms. The minimum atomic E-state index is -1.05. The van der Waals surface area contributed by atoms with Gasteiger partial charge < -0.3 is 5.11 Å². The number of hydrogen-bond acceptors (Lipinski definition) is 6. The van der Waals surface area contributed by atoms with Crippen LogP contribution in [0.5, 0.6) is 0 Å². The Hall–Kier alpha value is -2.13. The highest BCUT2D eigenvalue weighted by atomic mass is 79.9. The summed E-state index contributed by atoms with van der Waals surface area (Å²) < 4.78 is 0.908. The van der Waals surface area contributed by atoms with E-state index < -0.39 is 23.2 Å². The van der Waals surface area contributed by atoms with Crippen molar-refractivity contribution < 1.29 is 19.5 Å². The van der Waals surface area contributed by atoms with E-state index in [0.717, 1.165) is 21.8 Å². The lowest BCUT2D eigenvalue weighted by atomic mass is 10.0. The summed E-state index contributed by atoms with van der Waals surface area (Å²) in [5, 5.41) is 16.5. The van der Waals surface area contributed by atoms with Crippen LogP contribution in [0, 0.1) is 0 Å². The average Bonchev–Trinajstić information content (AvgIpc) is 3.04. The van der Waals surface area contributed by atoms with Gasteiger partial charge in [-0.3, -0.25) is 19.9 Å². The predicted octanol–water partition coefficient (Wildman–Crippen LogP) is 2.14. The lowest BCUT2D eigenvalue weighted by molar-refractivity contribution is -0.141. The third kappa shape index (κ3) is 3.30. The quantitative estimate of drug-likeness (QED) is 0.760. The van der Waals surface area contributed by atoms with Gasteiger partial charge in [0.25, 0.3) is 11.1 Å². The number of carbonyl (C=O) groups is 3. The van der Waals surface area contributed by atoms with Gasteiger partial charge in [0, 0.05) is 17.1 Å². The third-order valence-electron chi connectivity index (χ3n) is 3.30. The summed E-state index contributed by atoms with van der Waals surface area (Å²) in [5.74, 6) is -1.59. The molecule has 1 fully saturated rings. The van der Waals surface area contributed by atoms with Gasteiger partial charge in [-0.05, 0) is 29.5 Å². The zero-order valence-corrected chi connectivity index (χ0v) is 13.9. The summed E-state index contributed by atoms with van der Waals surface area (Å²) >= 11 is 4.06. The number of carboxylic acids is 1.